The summed E-state index contributed by atoms with van der Waals surface area (Å²) in [5, 5.41) is 25.3. The van der Waals surface area contributed by atoms with Gasteiger partial charge in [0.1, 0.15) is 5.75 Å². The monoisotopic (exact) mass is 461 g/mol. The lowest BCUT2D eigenvalue weighted by Crippen LogP contribution is -2.50. The van der Waals surface area contributed by atoms with E-state index in [2.05, 4.69) is 37.6 Å². The molecule has 1 unspecified atom stereocenters. The molecular weight excluding hydrogens is 430 g/mol. The Balaban J connectivity index is 1.39. The van der Waals surface area contributed by atoms with Gasteiger partial charge in [-0.15, -0.1) is 0 Å². The maximum absolute atomic E-state index is 11.0. The van der Waals surface area contributed by atoms with Gasteiger partial charge in [0, 0.05) is 56.9 Å². The Morgan fingerprint density at radius 3 is 2.85 bits per heavy atom. The van der Waals surface area contributed by atoms with E-state index in [1.165, 1.54) is 5.56 Å². The molecule has 0 radical (unpaired) electrons. The first kappa shape index (κ1) is 23.7. The van der Waals surface area contributed by atoms with Gasteiger partial charge in [-0.05, 0) is 48.2 Å². The molecule has 1 saturated heterocycles. The number of aliphatic carboxylic acids is 1. The number of phenolic OH excluding ortho intramolecular Hbond substituents is 1. The van der Waals surface area contributed by atoms with Crippen LogP contribution in [-0.4, -0.2) is 63.3 Å². The molecule has 1 aliphatic heterocycles. The molecular formula is C26H31N5O3. The lowest BCUT2D eigenvalue weighted by atomic mass is 10.0. The number of aromatic nitrogens is 2. The molecule has 2 heterocycles. The lowest BCUT2D eigenvalue weighted by molar-refractivity contribution is -0.137. The number of anilines is 1. The summed E-state index contributed by atoms with van der Waals surface area (Å²) in [5.74, 6) is 0.0890. The van der Waals surface area contributed by atoms with E-state index in [0.717, 1.165) is 49.4 Å². The summed E-state index contributed by atoms with van der Waals surface area (Å²) in [6.45, 7) is 4.06. The van der Waals surface area contributed by atoms with E-state index in [4.69, 9.17) is 5.11 Å². The highest BCUT2D eigenvalue weighted by Gasteiger charge is 2.23. The molecule has 1 aromatic heterocycles. The molecule has 1 atom stereocenters. The molecule has 0 spiro atoms. The summed E-state index contributed by atoms with van der Waals surface area (Å²) in [4.78, 5) is 22.4. The van der Waals surface area contributed by atoms with Crippen molar-refractivity contribution in [2.45, 2.75) is 31.8 Å². The van der Waals surface area contributed by atoms with Gasteiger partial charge in [-0.3, -0.25) is 9.69 Å². The molecule has 0 aliphatic carbocycles. The van der Waals surface area contributed by atoms with E-state index in [1.54, 1.807) is 18.3 Å². The topological polar surface area (TPSA) is 111 Å². The van der Waals surface area contributed by atoms with Gasteiger partial charge in [0.05, 0.1) is 5.69 Å². The number of aromatic hydroxyl groups is 1. The first-order valence-electron chi connectivity index (χ1n) is 11.7. The van der Waals surface area contributed by atoms with E-state index >= 15 is 0 Å². The second kappa shape index (κ2) is 11.6. The number of carboxylic acid groups (broad SMARTS) is 1. The van der Waals surface area contributed by atoms with Crippen LogP contribution in [0.25, 0.3) is 11.3 Å². The average molecular weight is 462 g/mol. The molecule has 1 aliphatic rings. The Labute approximate surface area is 199 Å². The van der Waals surface area contributed by atoms with Crippen LogP contribution in [0.15, 0.2) is 60.8 Å². The normalized spacial score (nSPS) is 16.3. The van der Waals surface area contributed by atoms with Gasteiger partial charge in [0.25, 0.3) is 0 Å². The van der Waals surface area contributed by atoms with Crippen molar-refractivity contribution in [1.29, 1.82) is 0 Å². The standard InChI is InChI=1S/C26H31N5O3/c32-23-6-2-3-19(16-23)9-11-28-26-29-12-10-24(30-26)21-5-1-4-20(15-21)18-31-14-13-27-17-22(31)7-8-25(33)34/h1-6,10,12,15-16,22,27,32H,7-9,11,13-14,17-18H2,(H,33,34)(H,28,29,30). The van der Waals surface area contributed by atoms with E-state index in [9.17, 15) is 9.90 Å². The van der Waals surface area contributed by atoms with Gasteiger partial charge in [0.15, 0.2) is 0 Å². The van der Waals surface area contributed by atoms with E-state index in [-0.39, 0.29) is 18.2 Å². The zero-order valence-corrected chi connectivity index (χ0v) is 19.2. The fourth-order valence-electron chi connectivity index (χ4n) is 4.28. The van der Waals surface area contributed by atoms with E-state index in [0.29, 0.717) is 18.9 Å². The van der Waals surface area contributed by atoms with Gasteiger partial charge in [0.2, 0.25) is 5.95 Å². The van der Waals surface area contributed by atoms with Crippen molar-refractivity contribution in [3.8, 4) is 17.0 Å². The highest BCUT2D eigenvalue weighted by molar-refractivity contribution is 5.66. The molecule has 178 valence electrons. The quantitative estimate of drug-likeness (QED) is 0.365. The number of piperazine rings is 1. The van der Waals surface area contributed by atoms with E-state index < -0.39 is 5.97 Å². The summed E-state index contributed by atoms with van der Waals surface area (Å²) in [6.07, 6.45) is 3.34. The van der Waals surface area contributed by atoms with Crippen LogP contribution in [0, 0.1) is 0 Å². The Morgan fingerprint density at radius 1 is 1.15 bits per heavy atom. The summed E-state index contributed by atoms with van der Waals surface area (Å²) < 4.78 is 0. The molecule has 4 N–H and O–H groups in total. The zero-order valence-electron chi connectivity index (χ0n) is 19.2. The summed E-state index contributed by atoms with van der Waals surface area (Å²) in [7, 11) is 0. The number of rotatable bonds is 10. The van der Waals surface area contributed by atoms with Crippen molar-refractivity contribution >= 4 is 11.9 Å². The number of nitrogens with zero attached hydrogens (tertiary/aromatic N) is 3. The minimum absolute atomic E-state index is 0.186. The Kier molecular flexibility index (Phi) is 8.06. The van der Waals surface area contributed by atoms with Crippen molar-refractivity contribution < 1.29 is 15.0 Å². The second-order valence-electron chi connectivity index (χ2n) is 8.57. The predicted octanol–water partition coefficient (Wildman–Crippen LogP) is 3.14. The number of carboxylic acids is 1. The smallest absolute Gasteiger partial charge is 0.303 e. The summed E-state index contributed by atoms with van der Waals surface area (Å²) >= 11 is 0. The molecule has 0 amide bonds. The zero-order chi connectivity index (χ0) is 23.8. The third-order valence-electron chi connectivity index (χ3n) is 6.03. The molecule has 3 aromatic rings. The SMILES string of the molecule is O=C(O)CCC1CNCCN1Cc1cccc(-c2ccnc(NCCc3cccc(O)c3)n2)c1. The van der Waals surface area contributed by atoms with Crippen LogP contribution in [0.3, 0.4) is 0 Å². The molecule has 2 aromatic carbocycles. The van der Waals surface area contributed by atoms with Crippen molar-refractivity contribution in [1.82, 2.24) is 20.2 Å². The number of nitrogens with one attached hydrogen (secondary N) is 2. The van der Waals surface area contributed by atoms with Crippen LogP contribution in [0.5, 0.6) is 5.75 Å². The molecule has 4 rings (SSSR count). The lowest BCUT2D eigenvalue weighted by Gasteiger charge is -2.36. The molecule has 34 heavy (non-hydrogen) atoms. The first-order valence-corrected chi connectivity index (χ1v) is 11.7. The van der Waals surface area contributed by atoms with Crippen molar-refractivity contribution in [2.75, 3.05) is 31.5 Å². The number of hydrogen-bond donors (Lipinski definition) is 4. The molecule has 1 fully saturated rings. The first-order chi connectivity index (χ1) is 16.6. The third kappa shape index (κ3) is 6.76. The van der Waals surface area contributed by atoms with Crippen LogP contribution < -0.4 is 10.6 Å². The Hall–Kier alpha value is -3.49. The number of benzene rings is 2. The van der Waals surface area contributed by atoms with Gasteiger partial charge in [-0.25, -0.2) is 9.97 Å². The third-order valence-corrected chi connectivity index (χ3v) is 6.03. The van der Waals surface area contributed by atoms with Crippen molar-refractivity contribution in [3.05, 3.63) is 71.9 Å². The largest absolute Gasteiger partial charge is 0.508 e. The van der Waals surface area contributed by atoms with Crippen LogP contribution in [0.1, 0.15) is 24.0 Å². The minimum atomic E-state index is -0.748. The predicted molar refractivity (Wildman–Crippen MR) is 132 cm³/mol. The summed E-state index contributed by atoms with van der Waals surface area (Å²) in [6, 6.07) is 17.7. The minimum Gasteiger partial charge on any atom is -0.508 e. The van der Waals surface area contributed by atoms with E-state index in [1.807, 2.05) is 30.3 Å². The average Bonchev–Trinajstić information content (AvgIpc) is 2.84. The fraction of sp³-hybridized carbons (Fsp3) is 0.346. The summed E-state index contributed by atoms with van der Waals surface area (Å²) in [5.41, 5.74) is 4.09. The van der Waals surface area contributed by atoms with Gasteiger partial charge in [-0.1, -0.05) is 30.3 Å². The molecule has 8 heteroatoms. The number of hydrogen-bond acceptors (Lipinski definition) is 7. The highest BCUT2D eigenvalue weighted by atomic mass is 16.4. The maximum Gasteiger partial charge on any atom is 0.303 e. The highest BCUT2D eigenvalue weighted by Crippen LogP contribution is 2.22. The fourth-order valence-corrected chi connectivity index (χ4v) is 4.28. The number of phenols is 1. The van der Waals surface area contributed by atoms with Crippen molar-refractivity contribution in [2.24, 2.45) is 0 Å². The van der Waals surface area contributed by atoms with Gasteiger partial charge in [-0.2, -0.15) is 0 Å². The molecule has 0 bridgehead atoms. The van der Waals surface area contributed by atoms with Gasteiger partial charge < -0.3 is 20.8 Å². The van der Waals surface area contributed by atoms with Crippen LogP contribution in [0.2, 0.25) is 0 Å². The second-order valence-corrected chi connectivity index (χ2v) is 8.57. The Bertz CT molecular complexity index is 1110. The van der Waals surface area contributed by atoms with Crippen LogP contribution >= 0.6 is 0 Å². The number of carbonyl (C=O) groups is 1. The molecule has 8 nitrogen and oxygen atoms in total. The maximum atomic E-state index is 11.0. The van der Waals surface area contributed by atoms with Crippen molar-refractivity contribution in [3.63, 3.8) is 0 Å². The van der Waals surface area contributed by atoms with Crippen LogP contribution in [-0.2, 0) is 17.8 Å². The Morgan fingerprint density at radius 2 is 2.00 bits per heavy atom. The van der Waals surface area contributed by atoms with Crippen LogP contribution in [0.4, 0.5) is 5.95 Å². The van der Waals surface area contributed by atoms with Gasteiger partial charge >= 0.3 is 5.97 Å². The molecule has 0 saturated carbocycles.